The molecule has 3 rings (SSSR count). The molecule has 1 atom stereocenters. The number of hydrogen-bond donors (Lipinski definition) is 1. The fraction of sp³-hybridized carbons (Fsp3) is 0.300. The van der Waals surface area contributed by atoms with E-state index in [1.54, 1.807) is 38.5 Å². The van der Waals surface area contributed by atoms with E-state index < -0.39 is 6.04 Å². The highest BCUT2D eigenvalue weighted by atomic mass is 16.5. The van der Waals surface area contributed by atoms with E-state index in [0.717, 1.165) is 17.7 Å². The highest BCUT2D eigenvalue weighted by Crippen LogP contribution is 2.25. The summed E-state index contributed by atoms with van der Waals surface area (Å²) in [5.41, 5.74) is 1.68. The first kappa shape index (κ1) is 17.9. The normalized spacial score (nSPS) is 16.8. The molecule has 2 amide bonds. The Morgan fingerprint density at radius 3 is 2.46 bits per heavy atom. The Hall–Kier alpha value is -2.86. The lowest BCUT2D eigenvalue weighted by Crippen LogP contribution is -2.39. The van der Waals surface area contributed by atoms with Crippen molar-refractivity contribution in [2.75, 3.05) is 25.7 Å². The second-order valence-electron chi connectivity index (χ2n) is 6.08. The van der Waals surface area contributed by atoms with Gasteiger partial charge in [-0.05, 0) is 54.9 Å². The van der Waals surface area contributed by atoms with Crippen molar-refractivity contribution in [1.29, 1.82) is 0 Å². The SMILES string of the molecule is COc1ccc(N2C(=O)C[C@@H](NCCc3cccc(OC)c3)C2=O)cc1. The summed E-state index contributed by atoms with van der Waals surface area (Å²) in [7, 11) is 3.21. The molecule has 6 heteroatoms. The molecule has 1 heterocycles. The van der Waals surface area contributed by atoms with E-state index in [2.05, 4.69) is 5.32 Å². The van der Waals surface area contributed by atoms with Crippen LogP contribution in [-0.2, 0) is 16.0 Å². The number of carbonyl (C=O) groups is 2. The molecule has 0 aliphatic carbocycles. The number of hydrogen-bond acceptors (Lipinski definition) is 5. The predicted octanol–water partition coefficient (Wildman–Crippen LogP) is 2.17. The first-order valence-electron chi connectivity index (χ1n) is 8.49. The highest BCUT2D eigenvalue weighted by molar-refractivity contribution is 6.22. The zero-order chi connectivity index (χ0) is 18.5. The maximum Gasteiger partial charge on any atom is 0.251 e. The quantitative estimate of drug-likeness (QED) is 0.772. The first-order valence-corrected chi connectivity index (χ1v) is 8.49. The summed E-state index contributed by atoms with van der Waals surface area (Å²) in [6, 6.07) is 14.2. The van der Waals surface area contributed by atoms with Crippen molar-refractivity contribution >= 4 is 17.5 Å². The van der Waals surface area contributed by atoms with Crippen LogP contribution in [0.1, 0.15) is 12.0 Å². The van der Waals surface area contributed by atoms with Crippen LogP contribution in [0.4, 0.5) is 5.69 Å². The molecule has 136 valence electrons. The summed E-state index contributed by atoms with van der Waals surface area (Å²) in [6.45, 7) is 0.604. The van der Waals surface area contributed by atoms with Gasteiger partial charge in [-0.25, -0.2) is 4.90 Å². The van der Waals surface area contributed by atoms with Gasteiger partial charge in [0, 0.05) is 0 Å². The zero-order valence-electron chi connectivity index (χ0n) is 14.9. The Morgan fingerprint density at radius 1 is 1.04 bits per heavy atom. The monoisotopic (exact) mass is 354 g/mol. The molecule has 1 aliphatic heterocycles. The number of rotatable bonds is 7. The van der Waals surface area contributed by atoms with Crippen molar-refractivity contribution in [3.8, 4) is 11.5 Å². The summed E-state index contributed by atoms with van der Waals surface area (Å²) >= 11 is 0. The second-order valence-corrected chi connectivity index (χ2v) is 6.08. The van der Waals surface area contributed by atoms with Gasteiger partial charge in [-0.1, -0.05) is 12.1 Å². The second kappa shape index (κ2) is 8.01. The average Bonchev–Trinajstić information content (AvgIpc) is 2.95. The van der Waals surface area contributed by atoms with Crippen molar-refractivity contribution < 1.29 is 19.1 Å². The summed E-state index contributed by atoms with van der Waals surface area (Å²) < 4.78 is 10.3. The number of ether oxygens (including phenoxy) is 2. The number of benzene rings is 2. The van der Waals surface area contributed by atoms with Gasteiger partial charge >= 0.3 is 0 Å². The third kappa shape index (κ3) is 3.86. The van der Waals surface area contributed by atoms with Crippen molar-refractivity contribution in [1.82, 2.24) is 5.32 Å². The van der Waals surface area contributed by atoms with Gasteiger partial charge < -0.3 is 14.8 Å². The predicted molar refractivity (Wildman–Crippen MR) is 98.6 cm³/mol. The van der Waals surface area contributed by atoms with Crippen LogP contribution in [0, 0.1) is 0 Å². The molecule has 1 N–H and O–H groups in total. The van der Waals surface area contributed by atoms with Gasteiger partial charge in [0.15, 0.2) is 0 Å². The third-order valence-corrected chi connectivity index (χ3v) is 4.42. The molecule has 26 heavy (non-hydrogen) atoms. The third-order valence-electron chi connectivity index (χ3n) is 4.42. The van der Waals surface area contributed by atoms with Gasteiger partial charge in [-0.3, -0.25) is 9.59 Å². The van der Waals surface area contributed by atoms with Crippen molar-refractivity contribution in [3.05, 3.63) is 54.1 Å². The van der Waals surface area contributed by atoms with Crippen LogP contribution in [0.2, 0.25) is 0 Å². The fourth-order valence-electron chi connectivity index (χ4n) is 3.01. The fourth-order valence-corrected chi connectivity index (χ4v) is 3.01. The van der Waals surface area contributed by atoms with Gasteiger partial charge in [-0.2, -0.15) is 0 Å². The van der Waals surface area contributed by atoms with Gasteiger partial charge in [-0.15, -0.1) is 0 Å². The van der Waals surface area contributed by atoms with Crippen LogP contribution >= 0.6 is 0 Å². The summed E-state index contributed by atoms with van der Waals surface area (Å²) in [6.07, 6.45) is 0.917. The maximum atomic E-state index is 12.6. The number of methoxy groups -OCH3 is 2. The van der Waals surface area contributed by atoms with Gasteiger partial charge in [0.05, 0.1) is 32.4 Å². The highest BCUT2D eigenvalue weighted by Gasteiger charge is 2.39. The van der Waals surface area contributed by atoms with Crippen LogP contribution in [0.5, 0.6) is 11.5 Å². The molecular formula is C20H22N2O4. The number of imide groups is 1. The minimum absolute atomic E-state index is 0.170. The van der Waals surface area contributed by atoms with E-state index in [1.165, 1.54) is 4.90 Å². The zero-order valence-corrected chi connectivity index (χ0v) is 14.9. The molecule has 2 aromatic carbocycles. The molecule has 0 radical (unpaired) electrons. The Kier molecular flexibility index (Phi) is 5.53. The number of amides is 2. The van der Waals surface area contributed by atoms with Crippen molar-refractivity contribution in [2.45, 2.75) is 18.9 Å². The smallest absolute Gasteiger partial charge is 0.251 e. The van der Waals surface area contributed by atoms with Gasteiger partial charge in [0.25, 0.3) is 5.91 Å². The first-order chi connectivity index (χ1) is 12.6. The lowest BCUT2D eigenvalue weighted by atomic mass is 10.1. The average molecular weight is 354 g/mol. The van der Waals surface area contributed by atoms with Crippen LogP contribution < -0.4 is 19.7 Å². The lowest BCUT2D eigenvalue weighted by Gasteiger charge is -2.16. The number of carbonyl (C=O) groups excluding carboxylic acids is 2. The number of anilines is 1. The van der Waals surface area contributed by atoms with Crippen LogP contribution in [0.25, 0.3) is 0 Å². The summed E-state index contributed by atoms with van der Waals surface area (Å²) in [5, 5.41) is 3.19. The van der Waals surface area contributed by atoms with Crippen LogP contribution in [-0.4, -0.2) is 38.6 Å². The topological polar surface area (TPSA) is 67.9 Å². The molecule has 6 nitrogen and oxygen atoms in total. The van der Waals surface area contributed by atoms with Crippen molar-refractivity contribution in [2.24, 2.45) is 0 Å². The lowest BCUT2D eigenvalue weighted by molar-refractivity contribution is -0.121. The molecule has 1 aliphatic rings. The Morgan fingerprint density at radius 2 is 1.77 bits per heavy atom. The largest absolute Gasteiger partial charge is 0.497 e. The molecule has 2 aromatic rings. The van der Waals surface area contributed by atoms with E-state index >= 15 is 0 Å². The van der Waals surface area contributed by atoms with Gasteiger partial charge in [0.1, 0.15) is 11.5 Å². The van der Waals surface area contributed by atoms with E-state index in [4.69, 9.17) is 9.47 Å². The standard InChI is InChI=1S/C20H22N2O4/c1-25-16-8-6-15(7-9-16)22-19(23)13-18(20(22)24)21-11-10-14-4-3-5-17(12-14)26-2/h3-9,12,18,21H,10-11,13H2,1-2H3/t18-/m1/s1. The van der Waals surface area contributed by atoms with Crippen molar-refractivity contribution in [3.63, 3.8) is 0 Å². The van der Waals surface area contributed by atoms with E-state index in [1.807, 2.05) is 24.3 Å². The Bertz CT molecular complexity index is 789. The minimum atomic E-state index is -0.491. The molecule has 0 bridgehead atoms. The molecule has 1 saturated heterocycles. The molecule has 0 saturated carbocycles. The number of nitrogens with one attached hydrogen (secondary N) is 1. The summed E-state index contributed by atoms with van der Waals surface area (Å²) in [5.74, 6) is 1.07. The van der Waals surface area contributed by atoms with E-state index in [-0.39, 0.29) is 18.2 Å². The molecular weight excluding hydrogens is 332 g/mol. The summed E-state index contributed by atoms with van der Waals surface area (Å²) in [4.78, 5) is 26.1. The minimum Gasteiger partial charge on any atom is -0.497 e. The maximum absolute atomic E-state index is 12.6. The Balaban J connectivity index is 1.59. The molecule has 0 unspecified atom stereocenters. The number of nitrogens with zero attached hydrogens (tertiary/aromatic N) is 1. The van der Waals surface area contributed by atoms with E-state index in [9.17, 15) is 9.59 Å². The molecule has 1 fully saturated rings. The van der Waals surface area contributed by atoms with Crippen LogP contribution in [0.3, 0.4) is 0 Å². The van der Waals surface area contributed by atoms with Gasteiger partial charge in [0.2, 0.25) is 5.91 Å². The van der Waals surface area contributed by atoms with Crippen LogP contribution in [0.15, 0.2) is 48.5 Å². The molecule has 0 spiro atoms. The Labute approximate surface area is 152 Å². The van der Waals surface area contributed by atoms with E-state index in [0.29, 0.717) is 18.0 Å². The molecule has 0 aromatic heterocycles.